The highest BCUT2D eigenvalue weighted by molar-refractivity contribution is 5.98. The molecule has 546 valence electrons. The van der Waals surface area contributed by atoms with Gasteiger partial charge in [0.2, 0.25) is 59.1 Å². The molecule has 0 bridgehead atoms. The van der Waals surface area contributed by atoms with Gasteiger partial charge in [0.1, 0.15) is 48.3 Å². The molecular weight excluding hydrogens is 1250 g/mol. The van der Waals surface area contributed by atoms with E-state index >= 15 is 0 Å². The van der Waals surface area contributed by atoms with Gasteiger partial charge in [0.15, 0.2) is 35.8 Å². The van der Waals surface area contributed by atoms with Gasteiger partial charge in [-0.25, -0.2) is 0 Å². The predicted octanol–water partition coefficient (Wildman–Crippen LogP) is -10.9. The Balaban J connectivity index is 7.57. The first-order valence-corrected chi connectivity index (χ1v) is 31.7. The number of guanidine groups is 6. The number of hydrogen-bond donors (Lipinski definition) is 24. The summed E-state index contributed by atoms with van der Waals surface area (Å²) in [4.78, 5) is 165. The summed E-state index contributed by atoms with van der Waals surface area (Å²) >= 11 is 0. The standard InChI is InChI=1S/C55H111N31O10/c1-86(2)55(71)77-30-12-20-38(82-45(92)34(15-4-6-24-57)80-44(91)33(14-3-5-23-56)79-42(89)31(58)13-7-25-72-50(61)62)47(94)83-37(19-11-29-76-54(69)70)48(95)85-39(21-22-40(59)87)49(96)84-36(18-10-28-75-53(67)68)46(93)81-35(17-9-27-74-52(65)66)43(90)78-32(41(60)88)16-8-26-73-51(63)64/h31-39H,3-30,56-58H2,1-2H3,(H2,59,87)(H2,60,88)(H2,71,77)(H,78,90)(H,79,89)(H,80,91)(H,81,93)(H,82,92)(H,83,94)(H,84,96)(H,85,95)(H4,61,62,72)(H4,63,64,73)(H4,65,66,74)(H4,67,68,75)(H4,69,70,76)/t31-,32-,33-,34-,35-,36-,37-,38-,39-/m0/s1. The second-order valence-electron chi connectivity index (χ2n) is 22.6. The summed E-state index contributed by atoms with van der Waals surface area (Å²) in [5.41, 5.74) is 89.9. The molecule has 0 aliphatic heterocycles. The number of carbonyl (C=O) groups excluding carboxylic acids is 10. The van der Waals surface area contributed by atoms with Gasteiger partial charge < -0.3 is 139 Å². The van der Waals surface area contributed by atoms with Gasteiger partial charge in [0.25, 0.3) is 0 Å². The molecule has 0 aromatic heterocycles. The number of nitrogens with two attached hydrogens (primary N) is 16. The number of nitrogens with one attached hydrogen (secondary N) is 8. The monoisotopic (exact) mass is 1370 g/mol. The summed E-state index contributed by atoms with van der Waals surface area (Å²) in [7, 11) is 3.32. The lowest BCUT2D eigenvalue weighted by molar-refractivity contribution is -0.136. The van der Waals surface area contributed by atoms with Crippen LogP contribution in [0.4, 0.5) is 0 Å². The Labute approximate surface area is 559 Å². The van der Waals surface area contributed by atoms with E-state index in [1.165, 1.54) is 0 Å². The number of rotatable bonds is 52. The van der Waals surface area contributed by atoms with Crippen LogP contribution in [0.3, 0.4) is 0 Å². The van der Waals surface area contributed by atoms with Crippen molar-refractivity contribution in [3.63, 3.8) is 0 Å². The number of hydrogen-bond acceptors (Lipinski definition) is 19. The van der Waals surface area contributed by atoms with Crippen LogP contribution in [0.1, 0.15) is 128 Å². The summed E-state index contributed by atoms with van der Waals surface area (Å²) in [6, 6.07) is -12.4. The molecule has 10 amide bonds. The number of aliphatic imine (C=N–C) groups is 6. The SMILES string of the molecule is CN(C)C(N)=NCCC[C@H](NC(=O)[C@H](CCCCN)NC(=O)[C@H](CCCCN)NC(=O)[C@@H](N)CCCN=C(N)N)C(=O)N[C@@H](CCCN=C(N)N)C(=O)N[C@@H](CCC(N)=O)C(=O)N[C@@H](CCCN=C(N)N)C(=O)N[C@@H](CCCN=C(N)N)C(=O)N[C@@H](CCCN=C(N)N)C(N)=O. The molecule has 41 heteroatoms. The van der Waals surface area contributed by atoms with Crippen LogP contribution < -0.4 is 134 Å². The summed E-state index contributed by atoms with van der Waals surface area (Å²) < 4.78 is 0. The maximum atomic E-state index is 14.8. The van der Waals surface area contributed by atoms with Crippen LogP contribution >= 0.6 is 0 Å². The highest BCUT2D eigenvalue weighted by Crippen LogP contribution is 2.12. The van der Waals surface area contributed by atoms with E-state index in [1.807, 2.05) is 0 Å². The Kier molecular flexibility index (Phi) is 44.7. The van der Waals surface area contributed by atoms with Crippen molar-refractivity contribution in [1.82, 2.24) is 47.4 Å². The van der Waals surface area contributed by atoms with Gasteiger partial charge in [-0.2, -0.15) is 0 Å². The Hall–Kier alpha value is -9.80. The molecule has 41 nitrogen and oxygen atoms in total. The third-order valence-corrected chi connectivity index (χ3v) is 14.1. The van der Waals surface area contributed by atoms with Crippen molar-refractivity contribution in [2.24, 2.45) is 122 Å². The number of carbonyl (C=O) groups is 10. The van der Waals surface area contributed by atoms with E-state index in [0.29, 0.717) is 32.1 Å². The maximum Gasteiger partial charge on any atom is 0.243 e. The van der Waals surface area contributed by atoms with E-state index in [1.54, 1.807) is 19.0 Å². The van der Waals surface area contributed by atoms with E-state index in [0.717, 1.165) is 0 Å². The fraction of sp³-hybridized carbons (Fsp3) is 0.709. The Morgan fingerprint density at radius 2 is 0.531 bits per heavy atom. The zero-order chi connectivity index (χ0) is 72.7. The van der Waals surface area contributed by atoms with Gasteiger partial charge in [-0.05, 0) is 135 Å². The van der Waals surface area contributed by atoms with Crippen LogP contribution in [0.15, 0.2) is 30.0 Å². The minimum atomic E-state index is -1.67. The molecule has 0 aliphatic rings. The van der Waals surface area contributed by atoms with Crippen LogP contribution in [0, 0.1) is 0 Å². The second-order valence-corrected chi connectivity index (χ2v) is 22.6. The van der Waals surface area contributed by atoms with Crippen molar-refractivity contribution in [2.75, 3.05) is 66.5 Å². The molecular formula is C55H111N31O10. The summed E-state index contributed by atoms with van der Waals surface area (Å²) in [6.45, 7) is 0.762. The van der Waals surface area contributed by atoms with Crippen molar-refractivity contribution in [3.05, 3.63) is 0 Å². The summed E-state index contributed by atoms with van der Waals surface area (Å²) in [6.07, 6.45) is 1.17. The molecule has 0 fully saturated rings. The second kappa shape index (κ2) is 49.7. The Bertz CT molecular complexity index is 2620. The van der Waals surface area contributed by atoms with Crippen LogP contribution in [-0.4, -0.2) is 221 Å². The average Bonchev–Trinajstić information content (AvgIpc) is 0.893. The third kappa shape index (κ3) is 41.0. The quantitative estimate of drug-likeness (QED) is 0.0153. The molecule has 0 saturated heterocycles. The zero-order valence-electron chi connectivity index (χ0n) is 55.4. The smallest absolute Gasteiger partial charge is 0.243 e. The van der Waals surface area contributed by atoms with Gasteiger partial charge in [-0.1, -0.05) is 0 Å². The molecule has 0 aromatic rings. The first-order valence-electron chi connectivity index (χ1n) is 31.7. The lowest BCUT2D eigenvalue weighted by Gasteiger charge is -2.28. The molecule has 0 heterocycles. The van der Waals surface area contributed by atoms with Gasteiger partial charge >= 0.3 is 0 Å². The molecule has 96 heavy (non-hydrogen) atoms. The van der Waals surface area contributed by atoms with Crippen molar-refractivity contribution in [1.29, 1.82) is 0 Å². The first-order chi connectivity index (χ1) is 45.3. The predicted molar refractivity (Wildman–Crippen MR) is 366 cm³/mol. The highest BCUT2D eigenvalue weighted by atomic mass is 16.2. The molecule has 9 atom stereocenters. The highest BCUT2D eigenvalue weighted by Gasteiger charge is 2.35. The number of nitrogens with zero attached hydrogens (tertiary/aromatic N) is 7. The van der Waals surface area contributed by atoms with Crippen LogP contribution in [0.25, 0.3) is 0 Å². The topological polar surface area (TPSA) is 761 Å². The van der Waals surface area contributed by atoms with Gasteiger partial charge in [-0.15, -0.1) is 0 Å². The van der Waals surface area contributed by atoms with Gasteiger partial charge in [0, 0.05) is 59.8 Å². The molecule has 0 aliphatic carbocycles. The number of amides is 10. The minimum absolute atomic E-state index is 0.00269. The summed E-state index contributed by atoms with van der Waals surface area (Å²) in [5, 5.41) is 21.0. The van der Waals surface area contributed by atoms with E-state index in [4.69, 9.17) is 91.7 Å². The first kappa shape index (κ1) is 86.2. The van der Waals surface area contributed by atoms with Crippen LogP contribution in [-0.2, 0) is 47.9 Å². The molecule has 0 spiro atoms. The largest absolute Gasteiger partial charge is 0.370 e. The molecule has 0 aromatic carbocycles. The van der Waals surface area contributed by atoms with Gasteiger partial charge in [-0.3, -0.25) is 77.9 Å². The van der Waals surface area contributed by atoms with E-state index in [-0.39, 0.29) is 172 Å². The Morgan fingerprint density at radius 3 is 0.781 bits per heavy atom. The van der Waals surface area contributed by atoms with E-state index < -0.39 is 126 Å². The summed E-state index contributed by atoms with van der Waals surface area (Å²) in [5.74, 6) is -9.85. The normalized spacial score (nSPS) is 13.8. The van der Waals surface area contributed by atoms with E-state index in [2.05, 4.69) is 72.5 Å². The lowest BCUT2D eigenvalue weighted by atomic mass is 10.0. The minimum Gasteiger partial charge on any atom is -0.370 e. The zero-order valence-corrected chi connectivity index (χ0v) is 55.4. The van der Waals surface area contributed by atoms with Crippen molar-refractivity contribution in [3.8, 4) is 0 Å². The van der Waals surface area contributed by atoms with Gasteiger partial charge in [0.05, 0.1) is 6.04 Å². The molecule has 0 saturated carbocycles. The van der Waals surface area contributed by atoms with Crippen LogP contribution in [0.2, 0.25) is 0 Å². The number of unbranched alkanes of at least 4 members (excludes halogenated alkanes) is 2. The molecule has 0 radical (unpaired) electrons. The van der Waals surface area contributed by atoms with Crippen molar-refractivity contribution in [2.45, 2.75) is 183 Å². The van der Waals surface area contributed by atoms with Crippen LogP contribution in [0.5, 0.6) is 0 Å². The van der Waals surface area contributed by atoms with E-state index in [9.17, 15) is 47.9 Å². The molecule has 40 N–H and O–H groups in total. The molecule has 0 rings (SSSR count). The maximum absolute atomic E-state index is 14.8. The average molecular weight is 1370 g/mol. The lowest BCUT2D eigenvalue weighted by Crippen LogP contribution is -2.60. The fourth-order valence-electron chi connectivity index (χ4n) is 8.92. The number of primary amides is 2. The Morgan fingerprint density at radius 1 is 0.302 bits per heavy atom. The molecule has 0 unspecified atom stereocenters. The van der Waals surface area contributed by atoms with Crippen molar-refractivity contribution >= 4 is 94.8 Å². The van der Waals surface area contributed by atoms with Crippen molar-refractivity contribution < 1.29 is 47.9 Å². The third-order valence-electron chi connectivity index (χ3n) is 14.1. The fourth-order valence-corrected chi connectivity index (χ4v) is 8.92.